The van der Waals surface area contributed by atoms with Gasteiger partial charge in [0, 0.05) is 6.54 Å². The number of hydrogen-bond donors (Lipinski definition) is 4. The first-order valence-electron chi connectivity index (χ1n) is 15.0. The fourth-order valence-corrected chi connectivity index (χ4v) is 5.05. The van der Waals surface area contributed by atoms with E-state index >= 15 is 0 Å². The monoisotopic (exact) mass is 624 g/mol. The third-order valence-electron chi connectivity index (χ3n) is 7.31. The van der Waals surface area contributed by atoms with E-state index in [2.05, 4.69) is 10.6 Å². The highest BCUT2D eigenvalue weighted by atomic mass is 16.6. The highest BCUT2D eigenvalue weighted by molar-refractivity contribution is 5.92. The smallest absolute Gasteiger partial charge is 0.408 e. The van der Waals surface area contributed by atoms with Gasteiger partial charge in [-0.15, -0.1) is 0 Å². The van der Waals surface area contributed by atoms with Gasteiger partial charge in [0.15, 0.2) is 6.10 Å². The molecule has 4 amide bonds. The van der Waals surface area contributed by atoms with Gasteiger partial charge in [-0.1, -0.05) is 67.6 Å². The van der Waals surface area contributed by atoms with E-state index < -0.39 is 66.0 Å². The Morgan fingerprint density at radius 2 is 1.58 bits per heavy atom. The normalized spacial score (nSPS) is 18.6. The van der Waals surface area contributed by atoms with E-state index in [4.69, 9.17) is 15.2 Å². The second kappa shape index (κ2) is 16.0. The minimum atomic E-state index is -1.77. The molecule has 12 nitrogen and oxygen atoms in total. The van der Waals surface area contributed by atoms with Gasteiger partial charge in [0.2, 0.25) is 11.8 Å². The zero-order valence-electron chi connectivity index (χ0n) is 26.2. The molecule has 1 fully saturated rings. The van der Waals surface area contributed by atoms with Crippen molar-refractivity contribution >= 4 is 29.8 Å². The number of rotatable bonds is 12. The summed E-state index contributed by atoms with van der Waals surface area (Å²) in [5.74, 6) is -2.89. The Morgan fingerprint density at radius 1 is 0.978 bits per heavy atom. The Hall–Kier alpha value is -4.45. The summed E-state index contributed by atoms with van der Waals surface area (Å²) in [6.45, 7) is 7.32. The Labute approximate surface area is 263 Å². The molecule has 45 heavy (non-hydrogen) atoms. The first-order chi connectivity index (χ1) is 21.2. The molecule has 0 bridgehead atoms. The Bertz CT molecular complexity index is 1310. The highest BCUT2D eigenvalue weighted by Gasteiger charge is 2.42. The van der Waals surface area contributed by atoms with Crippen LogP contribution in [0.3, 0.4) is 0 Å². The van der Waals surface area contributed by atoms with Crippen molar-refractivity contribution in [1.82, 2.24) is 15.5 Å². The fraction of sp³-hybridized carbons (Fsp3) is 0.485. The molecular formula is C33H44N4O8. The molecule has 2 aromatic rings. The summed E-state index contributed by atoms with van der Waals surface area (Å²) in [5.41, 5.74) is 6.00. The zero-order chi connectivity index (χ0) is 33.1. The van der Waals surface area contributed by atoms with Crippen LogP contribution in [-0.2, 0) is 41.7 Å². The van der Waals surface area contributed by atoms with Crippen LogP contribution in [0, 0.1) is 5.92 Å². The number of nitrogens with one attached hydrogen (secondary N) is 2. The minimum absolute atomic E-state index is 0.0303. The van der Waals surface area contributed by atoms with Gasteiger partial charge < -0.3 is 35.8 Å². The van der Waals surface area contributed by atoms with E-state index in [1.807, 2.05) is 13.0 Å². The van der Waals surface area contributed by atoms with Crippen molar-refractivity contribution in [3.8, 4) is 0 Å². The summed E-state index contributed by atoms with van der Waals surface area (Å²) >= 11 is 0. The topological polar surface area (TPSA) is 177 Å². The number of aliphatic hydroxyl groups excluding tert-OH is 1. The molecule has 5 N–H and O–H groups in total. The summed E-state index contributed by atoms with van der Waals surface area (Å²) in [6.07, 6.45) is -2.28. The number of nitrogens with zero attached hydrogens (tertiary/aromatic N) is 1. The number of likely N-dealkylation sites (tertiary alicyclic amines) is 1. The van der Waals surface area contributed by atoms with E-state index in [1.54, 1.807) is 75.4 Å². The van der Waals surface area contributed by atoms with Crippen LogP contribution in [0.4, 0.5) is 4.79 Å². The van der Waals surface area contributed by atoms with Crippen molar-refractivity contribution in [3.63, 3.8) is 0 Å². The van der Waals surface area contributed by atoms with Gasteiger partial charge in [-0.05, 0) is 57.1 Å². The first-order valence-corrected chi connectivity index (χ1v) is 15.0. The molecule has 12 heteroatoms. The lowest BCUT2D eigenvalue weighted by atomic mass is 9.91. The number of amides is 4. The fourth-order valence-electron chi connectivity index (χ4n) is 5.05. The Kier molecular flexibility index (Phi) is 12.5. The van der Waals surface area contributed by atoms with Crippen molar-refractivity contribution in [1.29, 1.82) is 0 Å². The number of nitrogens with two attached hydrogens (primary N) is 1. The van der Waals surface area contributed by atoms with Crippen LogP contribution < -0.4 is 16.4 Å². The molecule has 1 saturated heterocycles. The molecule has 0 spiro atoms. The highest BCUT2D eigenvalue weighted by Crippen LogP contribution is 2.26. The summed E-state index contributed by atoms with van der Waals surface area (Å²) in [6, 6.07) is 14.2. The molecule has 0 radical (unpaired) electrons. The first kappa shape index (κ1) is 35.0. The maximum absolute atomic E-state index is 13.8. The van der Waals surface area contributed by atoms with Crippen LogP contribution in [0.1, 0.15) is 58.1 Å². The molecule has 2 aromatic carbocycles. The maximum Gasteiger partial charge on any atom is 0.408 e. The van der Waals surface area contributed by atoms with Gasteiger partial charge in [-0.2, -0.15) is 0 Å². The summed E-state index contributed by atoms with van der Waals surface area (Å²) in [4.78, 5) is 66.0. The number of ether oxygens (including phenoxy) is 2. The van der Waals surface area contributed by atoms with Crippen molar-refractivity contribution in [2.24, 2.45) is 11.7 Å². The summed E-state index contributed by atoms with van der Waals surface area (Å²) < 4.78 is 10.8. The molecule has 0 saturated carbocycles. The van der Waals surface area contributed by atoms with Gasteiger partial charge >= 0.3 is 12.1 Å². The molecule has 1 heterocycles. The summed E-state index contributed by atoms with van der Waals surface area (Å²) in [5, 5.41) is 16.4. The number of hydrogen-bond acceptors (Lipinski definition) is 8. The van der Waals surface area contributed by atoms with E-state index in [0.717, 1.165) is 0 Å². The molecule has 1 aliphatic heterocycles. The van der Waals surface area contributed by atoms with Crippen LogP contribution in [0.5, 0.6) is 0 Å². The van der Waals surface area contributed by atoms with Gasteiger partial charge in [0.25, 0.3) is 5.91 Å². The van der Waals surface area contributed by atoms with Crippen LogP contribution in [0.25, 0.3) is 0 Å². The lowest BCUT2D eigenvalue weighted by Gasteiger charge is -2.40. The molecule has 5 atom stereocenters. The lowest BCUT2D eigenvalue weighted by molar-refractivity contribution is -0.170. The average molecular weight is 625 g/mol. The van der Waals surface area contributed by atoms with Crippen molar-refractivity contribution < 1.29 is 38.6 Å². The molecule has 0 aromatic heterocycles. The number of carbonyl (C=O) groups excluding carboxylic acids is 5. The largest absolute Gasteiger partial charge is 0.458 e. The second-order valence-corrected chi connectivity index (χ2v) is 12.4. The molecule has 2 unspecified atom stereocenters. The molecule has 3 rings (SSSR count). The average Bonchev–Trinajstić information content (AvgIpc) is 2.98. The number of piperidine rings is 1. The standard InChI is InChI=1S/C33H44N4O8/c1-21-15-16-37(26(17-21)31(42)45-33(2,3)4)30(41)28(39)24(18-22-11-7-5-8-12-22)35-29(40)25(19-27(34)38)36-32(43)44-20-23-13-9-6-10-14-23/h5-14,21,24-26,28,39H,15-20H2,1-4H3,(H2,34,38)(H,35,40)(H,36,43)/t21?,24-,25-,26-,28?/m0/s1. The van der Waals surface area contributed by atoms with Crippen molar-refractivity contribution in [2.45, 2.75) is 89.8 Å². The molecule has 0 aliphatic carbocycles. The van der Waals surface area contributed by atoms with Crippen molar-refractivity contribution in [2.75, 3.05) is 6.54 Å². The predicted molar refractivity (Wildman–Crippen MR) is 165 cm³/mol. The van der Waals surface area contributed by atoms with Crippen LogP contribution in [0.2, 0.25) is 0 Å². The van der Waals surface area contributed by atoms with E-state index in [0.29, 0.717) is 24.0 Å². The Balaban J connectivity index is 1.80. The lowest BCUT2D eigenvalue weighted by Crippen LogP contribution is -2.60. The van der Waals surface area contributed by atoms with E-state index in [9.17, 15) is 29.1 Å². The second-order valence-electron chi connectivity index (χ2n) is 12.4. The number of alkyl carbamates (subject to hydrolysis) is 1. The van der Waals surface area contributed by atoms with Gasteiger partial charge in [0.1, 0.15) is 24.3 Å². The summed E-state index contributed by atoms with van der Waals surface area (Å²) in [7, 11) is 0. The number of primary amides is 1. The van der Waals surface area contributed by atoms with Crippen LogP contribution >= 0.6 is 0 Å². The van der Waals surface area contributed by atoms with Crippen LogP contribution in [0.15, 0.2) is 60.7 Å². The van der Waals surface area contributed by atoms with Gasteiger partial charge in [-0.3, -0.25) is 14.4 Å². The van der Waals surface area contributed by atoms with Crippen molar-refractivity contribution in [3.05, 3.63) is 71.8 Å². The number of benzene rings is 2. The molecule has 244 valence electrons. The maximum atomic E-state index is 13.8. The van der Waals surface area contributed by atoms with E-state index in [-0.39, 0.29) is 25.5 Å². The third-order valence-corrected chi connectivity index (χ3v) is 7.31. The zero-order valence-corrected chi connectivity index (χ0v) is 26.2. The van der Waals surface area contributed by atoms with Crippen LogP contribution in [-0.4, -0.2) is 76.2 Å². The number of carbonyl (C=O) groups is 5. The Morgan fingerprint density at radius 3 is 2.16 bits per heavy atom. The third kappa shape index (κ3) is 11.2. The van der Waals surface area contributed by atoms with E-state index in [1.165, 1.54) is 4.90 Å². The number of aliphatic hydroxyl groups is 1. The SMILES string of the molecule is CC1CCN(C(=O)C(O)[C@H](Cc2ccccc2)NC(=O)[C@H](CC(N)=O)NC(=O)OCc2ccccc2)[C@H](C(=O)OC(C)(C)C)C1. The quantitative estimate of drug-likeness (QED) is 0.260. The predicted octanol–water partition coefficient (Wildman–Crippen LogP) is 2.21. The number of esters is 1. The van der Waals surface area contributed by atoms with Gasteiger partial charge in [0.05, 0.1) is 12.5 Å². The van der Waals surface area contributed by atoms with Gasteiger partial charge in [-0.25, -0.2) is 9.59 Å². The molecule has 1 aliphatic rings. The minimum Gasteiger partial charge on any atom is -0.458 e. The molecular weight excluding hydrogens is 580 g/mol.